The fourth-order valence-electron chi connectivity index (χ4n) is 1.18. The maximum absolute atomic E-state index is 11.7. The molecule has 1 atom stereocenters. The lowest BCUT2D eigenvalue weighted by molar-refractivity contribution is 0.0958. The first-order chi connectivity index (χ1) is 8.34. The van der Waals surface area contributed by atoms with E-state index in [1.54, 1.807) is 0 Å². The number of aryl methyl sites for hydroxylation is 1. The molecule has 1 rings (SSSR count). The lowest BCUT2D eigenvalue weighted by Gasteiger charge is -2.09. The normalized spacial score (nSPS) is 13.3. The zero-order valence-electron chi connectivity index (χ0n) is 10.3. The Labute approximate surface area is 111 Å². The SMILES string of the molecule is CCCc1ncc(C(=O)NCC(C)S(N)(=O)=O)s1. The fourth-order valence-corrected chi connectivity index (χ4v) is 2.44. The van der Waals surface area contributed by atoms with Crippen molar-refractivity contribution in [3.8, 4) is 0 Å². The second kappa shape index (κ2) is 6.26. The van der Waals surface area contributed by atoms with Crippen molar-refractivity contribution in [2.45, 2.75) is 31.9 Å². The summed E-state index contributed by atoms with van der Waals surface area (Å²) >= 11 is 1.32. The van der Waals surface area contributed by atoms with Crippen LogP contribution < -0.4 is 10.5 Å². The number of amides is 1. The van der Waals surface area contributed by atoms with Crippen LogP contribution in [0.2, 0.25) is 0 Å². The highest BCUT2D eigenvalue weighted by Crippen LogP contribution is 2.14. The van der Waals surface area contributed by atoms with Gasteiger partial charge in [0.1, 0.15) is 4.88 Å². The van der Waals surface area contributed by atoms with Crippen LogP contribution in [0.5, 0.6) is 0 Å². The Hall–Kier alpha value is -0.990. The summed E-state index contributed by atoms with van der Waals surface area (Å²) < 4.78 is 22.0. The molecule has 1 aromatic rings. The Bertz CT molecular complexity index is 510. The number of primary sulfonamides is 1. The summed E-state index contributed by atoms with van der Waals surface area (Å²) in [5, 5.41) is 7.60. The number of nitrogens with two attached hydrogens (primary N) is 1. The number of aromatic nitrogens is 1. The average Bonchev–Trinajstić information content (AvgIpc) is 2.73. The minimum atomic E-state index is -3.61. The third kappa shape index (κ3) is 4.35. The molecule has 0 saturated carbocycles. The molecule has 0 aliphatic carbocycles. The second-order valence-electron chi connectivity index (χ2n) is 3.98. The van der Waals surface area contributed by atoms with Crippen LogP contribution >= 0.6 is 11.3 Å². The van der Waals surface area contributed by atoms with E-state index in [0.717, 1.165) is 17.8 Å². The highest BCUT2D eigenvalue weighted by Gasteiger charge is 2.17. The highest BCUT2D eigenvalue weighted by atomic mass is 32.2. The molecule has 18 heavy (non-hydrogen) atoms. The van der Waals surface area contributed by atoms with E-state index in [4.69, 9.17) is 5.14 Å². The van der Waals surface area contributed by atoms with Gasteiger partial charge in [0.15, 0.2) is 0 Å². The van der Waals surface area contributed by atoms with Gasteiger partial charge in [-0.2, -0.15) is 0 Å². The quantitative estimate of drug-likeness (QED) is 0.796. The molecule has 8 heteroatoms. The molecule has 0 aromatic carbocycles. The van der Waals surface area contributed by atoms with E-state index in [0.29, 0.717) is 4.88 Å². The third-order valence-electron chi connectivity index (χ3n) is 2.35. The van der Waals surface area contributed by atoms with Crippen LogP contribution in [-0.2, 0) is 16.4 Å². The van der Waals surface area contributed by atoms with Gasteiger partial charge in [0.05, 0.1) is 16.5 Å². The second-order valence-corrected chi connectivity index (χ2v) is 7.08. The van der Waals surface area contributed by atoms with Crippen LogP contribution in [0.25, 0.3) is 0 Å². The minimum absolute atomic E-state index is 0.00131. The van der Waals surface area contributed by atoms with Crippen molar-refractivity contribution in [2.24, 2.45) is 5.14 Å². The summed E-state index contributed by atoms with van der Waals surface area (Å²) in [5.74, 6) is -0.314. The lowest BCUT2D eigenvalue weighted by Crippen LogP contribution is -2.37. The number of thiazole rings is 1. The van der Waals surface area contributed by atoms with Gasteiger partial charge < -0.3 is 5.32 Å². The first kappa shape index (κ1) is 15.1. The summed E-state index contributed by atoms with van der Waals surface area (Å²) in [7, 11) is -3.61. The smallest absolute Gasteiger partial charge is 0.263 e. The van der Waals surface area contributed by atoms with E-state index in [-0.39, 0.29) is 12.5 Å². The van der Waals surface area contributed by atoms with Gasteiger partial charge in [-0.05, 0) is 19.8 Å². The van der Waals surface area contributed by atoms with Crippen molar-refractivity contribution in [1.82, 2.24) is 10.3 Å². The zero-order valence-corrected chi connectivity index (χ0v) is 12.0. The molecule has 1 heterocycles. The molecule has 6 nitrogen and oxygen atoms in total. The Balaban J connectivity index is 2.55. The van der Waals surface area contributed by atoms with Gasteiger partial charge in [0.25, 0.3) is 5.91 Å². The van der Waals surface area contributed by atoms with E-state index >= 15 is 0 Å². The van der Waals surface area contributed by atoms with Crippen molar-refractivity contribution in [1.29, 1.82) is 0 Å². The number of rotatable bonds is 6. The first-order valence-electron chi connectivity index (χ1n) is 5.59. The molecule has 0 radical (unpaired) electrons. The molecule has 0 fully saturated rings. The molecule has 102 valence electrons. The van der Waals surface area contributed by atoms with Gasteiger partial charge in [-0.3, -0.25) is 4.79 Å². The maximum atomic E-state index is 11.7. The molecule has 1 unspecified atom stereocenters. The standard InChI is InChI=1S/C10H17N3O3S2/c1-3-4-9-12-6-8(17-9)10(14)13-5-7(2)18(11,15)16/h6-7H,3-5H2,1-2H3,(H,13,14)(H2,11,15,16). The van der Waals surface area contributed by atoms with Crippen LogP contribution in [0.4, 0.5) is 0 Å². The predicted octanol–water partition coefficient (Wildman–Crippen LogP) is 0.502. The van der Waals surface area contributed by atoms with Crippen molar-refractivity contribution < 1.29 is 13.2 Å². The van der Waals surface area contributed by atoms with Crippen molar-refractivity contribution in [3.05, 3.63) is 16.1 Å². The summed E-state index contributed by atoms with van der Waals surface area (Å²) in [6.07, 6.45) is 3.31. The first-order valence-corrected chi connectivity index (χ1v) is 8.01. The molecular weight excluding hydrogens is 274 g/mol. The largest absolute Gasteiger partial charge is 0.350 e. The minimum Gasteiger partial charge on any atom is -0.350 e. The zero-order chi connectivity index (χ0) is 13.8. The van der Waals surface area contributed by atoms with E-state index < -0.39 is 15.3 Å². The Morgan fingerprint density at radius 3 is 2.83 bits per heavy atom. The summed E-state index contributed by atoms with van der Waals surface area (Å²) in [4.78, 5) is 16.3. The Morgan fingerprint density at radius 2 is 2.28 bits per heavy atom. The van der Waals surface area contributed by atoms with Gasteiger partial charge in [-0.15, -0.1) is 11.3 Å². The molecule has 0 spiro atoms. The number of hydrogen-bond acceptors (Lipinski definition) is 5. The van der Waals surface area contributed by atoms with Crippen molar-refractivity contribution in [3.63, 3.8) is 0 Å². The molecule has 1 amide bonds. The van der Waals surface area contributed by atoms with Gasteiger partial charge in [0, 0.05) is 6.54 Å². The molecular formula is C10H17N3O3S2. The van der Waals surface area contributed by atoms with Crippen LogP contribution in [0.3, 0.4) is 0 Å². The number of carbonyl (C=O) groups excluding carboxylic acids is 1. The number of carbonyl (C=O) groups is 1. The molecule has 3 N–H and O–H groups in total. The Kier molecular flexibility index (Phi) is 5.24. The number of nitrogens with zero attached hydrogens (tertiary/aromatic N) is 1. The molecule has 0 saturated heterocycles. The third-order valence-corrected chi connectivity index (χ3v) is 4.70. The monoisotopic (exact) mass is 291 g/mol. The van der Waals surface area contributed by atoms with Gasteiger partial charge in [0.2, 0.25) is 10.0 Å². The molecule has 1 aromatic heterocycles. The molecule has 0 aliphatic heterocycles. The van der Waals surface area contributed by atoms with E-state index in [2.05, 4.69) is 10.3 Å². The van der Waals surface area contributed by atoms with Gasteiger partial charge in [-0.25, -0.2) is 18.5 Å². The average molecular weight is 291 g/mol. The summed E-state index contributed by atoms with van der Waals surface area (Å²) in [6.45, 7) is 3.48. The number of nitrogens with one attached hydrogen (secondary N) is 1. The molecule has 0 bridgehead atoms. The van der Waals surface area contributed by atoms with Gasteiger partial charge in [-0.1, -0.05) is 6.92 Å². The van der Waals surface area contributed by atoms with Gasteiger partial charge >= 0.3 is 0 Å². The topological polar surface area (TPSA) is 102 Å². The maximum Gasteiger partial charge on any atom is 0.263 e. The van der Waals surface area contributed by atoms with E-state index in [9.17, 15) is 13.2 Å². The van der Waals surface area contributed by atoms with E-state index in [1.807, 2.05) is 6.92 Å². The summed E-state index contributed by atoms with van der Waals surface area (Å²) in [6, 6.07) is 0. The predicted molar refractivity (Wildman–Crippen MR) is 71.0 cm³/mol. The van der Waals surface area contributed by atoms with E-state index in [1.165, 1.54) is 24.5 Å². The van der Waals surface area contributed by atoms with Crippen LogP contribution in [0.1, 0.15) is 34.9 Å². The van der Waals surface area contributed by atoms with Crippen LogP contribution in [0, 0.1) is 0 Å². The number of sulfonamides is 1. The van der Waals surface area contributed by atoms with Crippen molar-refractivity contribution in [2.75, 3.05) is 6.54 Å². The van der Waals surface area contributed by atoms with Crippen LogP contribution in [-0.4, -0.2) is 31.1 Å². The van der Waals surface area contributed by atoms with Crippen LogP contribution in [0.15, 0.2) is 6.20 Å². The summed E-state index contributed by atoms with van der Waals surface area (Å²) in [5.41, 5.74) is 0. The molecule has 0 aliphatic rings. The number of hydrogen-bond donors (Lipinski definition) is 2. The fraction of sp³-hybridized carbons (Fsp3) is 0.600. The Morgan fingerprint density at radius 1 is 1.61 bits per heavy atom. The highest BCUT2D eigenvalue weighted by molar-refractivity contribution is 7.89. The lowest BCUT2D eigenvalue weighted by atomic mass is 10.4. The van der Waals surface area contributed by atoms with Crippen molar-refractivity contribution >= 4 is 27.3 Å².